The molecule has 0 aromatic carbocycles. The summed E-state index contributed by atoms with van der Waals surface area (Å²) in [5.74, 6) is -5.43. The number of halogens is 2. The Kier molecular flexibility index (Phi) is 7.98. The summed E-state index contributed by atoms with van der Waals surface area (Å²) in [7, 11) is 0. The Labute approximate surface area is 190 Å². The van der Waals surface area contributed by atoms with Crippen LogP contribution < -0.4 is 11.1 Å². The van der Waals surface area contributed by atoms with Crippen LogP contribution in [0, 0.1) is 5.92 Å². The van der Waals surface area contributed by atoms with Crippen molar-refractivity contribution < 1.29 is 32.4 Å². The molecule has 1 aliphatic heterocycles. The maximum absolute atomic E-state index is 14.6. The van der Waals surface area contributed by atoms with Gasteiger partial charge in [0.25, 0.3) is 0 Å². The SMILES string of the molecule is CCCC(F)(F)C[C@H](C(=O)NC(CC)C(=O)c1noc(C2CC2)n1)C1COCCN1C(N)=O. The van der Waals surface area contributed by atoms with Gasteiger partial charge in [0.05, 0.1) is 31.2 Å². The Bertz CT molecular complexity index is 860. The summed E-state index contributed by atoms with van der Waals surface area (Å²) in [4.78, 5) is 43.3. The molecule has 0 radical (unpaired) electrons. The number of carbonyl (C=O) groups is 3. The minimum absolute atomic E-state index is 0.0894. The molecule has 0 spiro atoms. The van der Waals surface area contributed by atoms with E-state index in [1.165, 1.54) is 4.90 Å². The number of ether oxygens (including phenoxy) is 1. The van der Waals surface area contributed by atoms with Gasteiger partial charge in [-0.2, -0.15) is 4.98 Å². The number of nitrogens with zero attached hydrogens (tertiary/aromatic N) is 3. The second kappa shape index (κ2) is 10.5. The van der Waals surface area contributed by atoms with E-state index in [-0.39, 0.29) is 44.3 Å². The van der Waals surface area contributed by atoms with Crippen molar-refractivity contribution in [1.29, 1.82) is 0 Å². The molecule has 2 heterocycles. The fourth-order valence-electron chi connectivity index (χ4n) is 4.04. The average Bonchev–Trinajstić information content (AvgIpc) is 3.51. The van der Waals surface area contributed by atoms with Gasteiger partial charge in [0.2, 0.25) is 29.3 Å². The van der Waals surface area contributed by atoms with Crippen LogP contribution >= 0.6 is 0 Å². The zero-order valence-corrected chi connectivity index (χ0v) is 18.9. The number of Topliss-reactive ketones (excluding diaryl/α,β-unsaturated/α-hetero) is 1. The number of ketones is 1. The lowest BCUT2D eigenvalue weighted by molar-refractivity contribution is -0.135. The normalized spacial score (nSPS) is 20.8. The number of rotatable bonds is 11. The molecule has 184 valence electrons. The molecule has 2 unspecified atom stereocenters. The second-order valence-electron chi connectivity index (χ2n) is 8.65. The number of hydrogen-bond donors (Lipinski definition) is 2. The smallest absolute Gasteiger partial charge is 0.315 e. The molecule has 1 saturated heterocycles. The maximum atomic E-state index is 14.6. The van der Waals surface area contributed by atoms with Crippen LogP contribution in [0.25, 0.3) is 0 Å². The number of carbonyl (C=O) groups excluding carboxylic acids is 3. The third-order valence-electron chi connectivity index (χ3n) is 6.01. The highest BCUT2D eigenvalue weighted by molar-refractivity contribution is 5.99. The van der Waals surface area contributed by atoms with E-state index in [2.05, 4.69) is 15.5 Å². The lowest BCUT2D eigenvalue weighted by Crippen LogP contribution is -2.58. The molecule has 33 heavy (non-hydrogen) atoms. The zero-order chi connectivity index (χ0) is 24.2. The Morgan fingerprint density at radius 1 is 1.30 bits per heavy atom. The van der Waals surface area contributed by atoms with Crippen molar-refractivity contribution in [3.8, 4) is 0 Å². The number of amides is 3. The molecule has 2 aliphatic rings. The van der Waals surface area contributed by atoms with Gasteiger partial charge in [-0.3, -0.25) is 9.59 Å². The van der Waals surface area contributed by atoms with Gasteiger partial charge in [0.15, 0.2) is 0 Å². The first-order valence-corrected chi connectivity index (χ1v) is 11.4. The van der Waals surface area contributed by atoms with E-state index in [9.17, 15) is 23.2 Å². The van der Waals surface area contributed by atoms with Crippen LogP contribution in [-0.2, 0) is 9.53 Å². The Morgan fingerprint density at radius 3 is 2.64 bits per heavy atom. The summed E-state index contributed by atoms with van der Waals surface area (Å²) >= 11 is 0. The predicted octanol–water partition coefficient (Wildman–Crippen LogP) is 2.25. The van der Waals surface area contributed by atoms with Crippen LogP contribution in [-0.4, -0.2) is 70.5 Å². The van der Waals surface area contributed by atoms with Crippen LogP contribution in [0.3, 0.4) is 0 Å². The molecule has 12 heteroatoms. The van der Waals surface area contributed by atoms with E-state index in [0.717, 1.165) is 12.8 Å². The van der Waals surface area contributed by atoms with E-state index in [1.54, 1.807) is 13.8 Å². The highest BCUT2D eigenvalue weighted by Crippen LogP contribution is 2.39. The van der Waals surface area contributed by atoms with Crippen LogP contribution in [0.4, 0.5) is 13.6 Å². The van der Waals surface area contributed by atoms with Gasteiger partial charge in [0.1, 0.15) is 0 Å². The third kappa shape index (κ3) is 6.24. The molecule has 3 rings (SSSR count). The lowest BCUT2D eigenvalue weighted by Gasteiger charge is -2.39. The molecule has 3 N–H and O–H groups in total. The van der Waals surface area contributed by atoms with Crippen molar-refractivity contribution in [2.24, 2.45) is 11.7 Å². The van der Waals surface area contributed by atoms with Gasteiger partial charge in [-0.25, -0.2) is 13.6 Å². The fourth-order valence-corrected chi connectivity index (χ4v) is 4.04. The first kappa shape index (κ1) is 25.0. The molecule has 3 amide bonds. The quantitative estimate of drug-likeness (QED) is 0.472. The fraction of sp³-hybridized carbons (Fsp3) is 0.762. The van der Waals surface area contributed by atoms with Gasteiger partial charge >= 0.3 is 6.03 Å². The van der Waals surface area contributed by atoms with Crippen molar-refractivity contribution in [3.63, 3.8) is 0 Å². The molecule has 3 atom stereocenters. The molecule has 1 saturated carbocycles. The summed E-state index contributed by atoms with van der Waals surface area (Å²) in [6.45, 7) is 3.46. The van der Waals surface area contributed by atoms with E-state index in [0.29, 0.717) is 5.89 Å². The Hall–Kier alpha value is -2.63. The van der Waals surface area contributed by atoms with Crippen LogP contribution in [0.1, 0.15) is 74.8 Å². The van der Waals surface area contributed by atoms with E-state index in [4.69, 9.17) is 15.0 Å². The van der Waals surface area contributed by atoms with E-state index >= 15 is 0 Å². The highest BCUT2D eigenvalue weighted by Gasteiger charge is 2.44. The molecule has 2 fully saturated rings. The van der Waals surface area contributed by atoms with Crippen molar-refractivity contribution in [3.05, 3.63) is 11.7 Å². The van der Waals surface area contributed by atoms with Crippen LogP contribution in [0.5, 0.6) is 0 Å². The van der Waals surface area contributed by atoms with Crippen molar-refractivity contribution in [2.45, 2.75) is 76.3 Å². The highest BCUT2D eigenvalue weighted by atomic mass is 19.3. The monoisotopic (exact) mass is 471 g/mol. The number of morpholine rings is 1. The summed E-state index contributed by atoms with van der Waals surface area (Å²) in [5, 5.41) is 6.27. The van der Waals surface area contributed by atoms with Gasteiger partial charge < -0.3 is 25.2 Å². The topological polar surface area (TPSA) is 141 Å². The predicted molar refractivity (Wildman–Crippen MR) is 112 cm³/mol. The standard InChI is InChI=1S/C21H31F2N5O5/c1-3-7-21(22,23)10-13(15-11-32-9-8-28(15)20(24)31)18(30)25-14(4-2)16(29)17-26-19(33-27-17)12-5-6-12/h12-15H,3-11H2,1-2H3,(H2,24,31)(H,25,30)/t13-,14?,15?/m0/s1. The van der Waals surface area contributed by atoms with Gasteiger partial charge in [-0.15, -0.1) is 0 Å². The minimum atomic E-state index is -3.14. The van der Waals surface area contributed by atoms with Gasteiger partial charge in [-0.05, 0) is 19.3 Å². The number of primary amides is 1. The minimum Gasteiger partial charge on any atom is -0.377 e. The summed E-state index contributed by atoms with van der Waals surface area (Å²) in [6.07, 6.45) is 1.03. The van der Waals surface area contributed by atoms with E-state index < -0.39 is 54.5 Å². The molecule has 1 aromatic heterocycles. The zero-order valence-electron chi connectivity index (χ0n) is 18.9. The number of hydrogen-bond acceptors (Lipinski definition) is 7. The van der Waals surface area contributed by atoms with Crippen LogP contribution in [0.2, 0.25) is 0 Å². The third-order valence-corrected chi connectivity index (χ3v) is 6.01. The number of nitrogens with one attached hydrogen (secondary N) is 1. The molecular weight excluding hydrogens is 440 g/mol. The molecule has 0 bridgehead atoms. The maximum Gasteiger partial charge on any atom is 0.315 e. The summed E-state index contributed by atoms with van der Waals surface area (Å²) < 4.78 is 39.7. The van der Waals surface area contributed by atoms with Gasteiger partial charge in [0, 0.05) is 25.3 Å². The van der Waals surface area contributed by atoms with E-state index in [1.807, 2.05) is 0 Å². The Morgan fingerprint density at radius 2 is 2.03 bits per heavy atom. The van der Waals surface area contributed by atoms with Crippen molar-refractivity contribution in [2.75, 3.05) is 19.8 Å². The Balaban J connectivity index is 1.79. The number of nitrogens with two attached hydrogens (primary N) is 1. The largest absolute Gasteiger partial charge is 0.377 e. The molecular formula is C21H31F2N5O5. The number of alkyl halides is 2. The summed E-state index contributed by atoms with van der Waals surface area (Å²) in [5.41, 5.74) is 5.43. The average molecular weight is 472 g/mol. The molecule has 1 aliphatic carbocycles. The molecule has 1 aromatic rings. The first-order chi connectivity index (χ1) is 15.7. The first-order valence-electron chi connectivity index (χ1n) is 11.4. The second-order valence-corrected chi connectivity index (χ2v) is 8.65. The summed E-state index contributed by atoms with van der Waals surface area (Å²) in [6, 6.07) is -2.82. The van der Waals surface area contributed by atoms with Crippen molar-refractivity contribution >= 4 is 17.7 Å². The number of aromatic nitrogens is 2. The van der Waals surface area contributed by atoms with Crippen LogP contribution in [0.15, 0.2) is 4.52 Å². The molecule has 10 nitrogen and oxygen atoms in total. The lowest BCUT2D eigenvalue weighted by atomic mass is 9.88. The van der Waals surface area contributed by atoms with Crippen molar-refractivity contribution in [1.82, 2.24) is 20.4 Å². The van der Waals surface area contributed by atoms with Gasteiger partial charge in [-0.1, -0.05) is 25.4 Å². The number of urea groups is 1.